The van der Waals surface area contributed by atoms with Crippen molar-refractivity contribution in [1.29, 1.82) is 0 Å². The molecule has 1 aromatic rings. The monoisotopic (exact) mass is 346 g/mol. The van der Waals surface area contributed by atoms with Crippen LogP contribution in [-0.4, -0.2) is 19.4 Å². The molecule has 0 aromatic heterocycles. The highest BCUT2D eigenvalue weighted by atomic mass is 35.5. The molecule has 0 spiro atoms. The Morgan fingerprint density at radius 1 is 1.38 bits per heavy atom. The van der Waals surface area contributed by atoms with Crippen LogP contribution in [0, 0.1) is 5.92 Å². The van der Waals surface area contributed by atoms with Gasteiger partial charge in [0.2, 0.25) is 10.0 Å². The van der Waals surface area contributed by atoms with Crippen LogP contribution in [0.5, 0.6) is 0 Å². The van der Waals surface area contributed by atoms with Gasteiger partial charge in [0, 0.05) is 11.6 Å². The van der Waals surface area contributed by atoms with Gasteiger partial charge in [-0.15, -0.1) is 0 Å². The SMILES string of the molecule is CC1CCCCC1NS(=O)(=O)c1ccc(C(N)=S)cc1Cl. The highest BCUT2D eigenvalue weighted by molar-refractivity contribution is 7.89. The summed E-state index contributed by atoms with van der Waals surface area (Å²) in [4.78, 5) is 0.261. The zero-order valence-electron chi connectivity index (χ0n) is 11.8. The van der Waals surface area contributed by atoms with E-state index in [9.17, 15) is 8.42 Å². The molecule has 1 saturated carbocycles. The maximum absolute atomic E-state index is 12.5. The van der Waals surface area contributed by atoms with Gasteiger partial charge in [-0.25, -0.2) is 13.1 Å². The Kier molecular flexibility index (Phi) is 5.24. The van der Waals surface area contributed by atoms with Crippen LogP contribution in [-0.2, 0) is 10.0 Å². The molecule has 0 radical (unpaired) electrons. The summed E-state index contributed by atoms with van der Waals surface area (Å²) < 4.78 is 27.8. The van der Waals surface area contributed by atoms with E-state index in [0.717, 1.165) is 25.7 Å². The van der Waals surface area contributed by atoms with Crippen molar-refractivity contribution in [3.8, 4) is 0 Å². The smallest absolute Gasteiger partial charge is 0.242 e. The number of nitrogens with two attached hydrogens (primary N) is 1. The molecule has 1 aliphatic carbocycles. The number of thiocarbonyl (C=S) groups is 1. The van der Waals surface area contributed by atoms with Crippen LogP contribution >= 0.6 is 23.8 Å². The summed E-state index contributed by atoms with van der Waals surface area (Å²) in [5, 5.41) is 0.135. The van der Waals surface area contributed by atoms with Crippen molar-refractivity contribution in [2.75, 3.05) is 0 Å². The Bertz CT molecular complexity index is 646. The van der Waals surface area contributed by atoms with Crippen LogP contribution in [0.15, 0.2) is 23.1 Å². The number of halogens is 1. The Morgan fingerprint density at radius 3 is 2.62 bits per heavy atom. The maximum atomic E-state index is 12.5. The predicted octanol–water partition coefficient (Wildman–Crippen LogP) is 2.83. The lowest BCUT2D eigenvalue weighted by molar-refractivity contribution is 0.310. The van der Waals surface area contributed by atoms with Crippen LogP contribution in [0.4, 0.5) is 0 Å². The van der Waals surface area contributed by atoms with Crippen molar-refractivity contribution in [1.82, 2.24) is 4.72 Å². The second kappa shape index (κ2) is 6.60. The molecule has 0 heterocycles. The quantitative estimate of drug-likeness (QED) is 0.822. The third-order valence-corrected chi connectivity index (χ3v) is 6.13. The van der Waals surface area contributed by atoms with Gasteiger partial charge < -0.3 is 5.73 Å². The minimum absolute atomic E-state index is 0.0323. The first-order chi connectivity index (χ1) is 9.81. The van der Waals surface area contributed by atoms with Crippen molar-refractivity contribution in [3.05, 3.63) is 28.8 Å². The van der Waals surface area contributed by atoms with Crippen molar-refractivity contribution in [3.63, 3.8) is 0 Å². The standard InChI is InChI=1S/C14H19ClN2O2S2/c1-9-4-2-3-5-12(9)17-21(18,19)13-7-6-10(14(16)20)8-11(13)15/h6-9,12,17H,2-5H2,1H3,(H2,16,20). The van der Waals surface area contributed by atoms with Crippen molar-refractivity contribution >= 4 is 38.8 Å². The average Bonchev–Trinajstić information content (AvgIpc) is 2.40. The van der Waals surface area contributed by atoms with E-state index in [4.69, 9.17) is 29.6 Å². The van der Waals surface area contributed by atoms with Gasteiger partial charge in [0.1, 0.15) is 9.88 Å². The molecule has 3 N–H and O–H groups in total. The fourth-order valence-corrected chi connectivity index (χ4v) is 4.68. The third-order valence-electron chi connectivity index (χ3n) is 3.92. The third kappa shape index (κ3) is 3.94. The molecule has 2 rings (SSSR count). The molecule has 2 atom stereocenters. The minimum atomic E-state index is -3.63. The fourth-order valence-electron chi connectivity index (χ4n) is 2.63. The number of benzene rings is 1. The maximum Gasteiger partial charge on any atom is 0.242 e. The molecule has 1 aromatic carbocycles. The summed E-state index contributed by atoms with van der Waals surface area (Å²) in [5.41, 5.74) is 6.07. The number of hydrogen-bond acceptors (Lipinski definition) is 3. The van der Waals surface area contributed by atoms with E-state index in [0.29, 0.717) is 11.5 Å². The first-order valence-electron chi connectivity index (χ1n) is 6.93. The molecule has 7 heteroatoms. The van der Waals surface area contributed by atoms with Crippen LogP contribution in [0.1, 0.15) is 38.2 Å². The van der Waals surface area contributed by atoms with E-state index in [1.54, 1.807) is 6.07 Å². The van der Waals surface area contributed by atoms with Gasteiger partial charge in [-0.1, -0.05) is 49.7 Å². The lowest BCUT2D eigenvalue weighted by Gasteiger charge is -2.29. The topological polar surface area (TPSA) is 72.2 Å². The molecule has 0 saturated heterocycles. The lowest BCUT2D eigenvalue weighted by Crippen LogP contribution is -2.41. The molecule has 4 nitrogen and oxygen atoms in total. The summed E-state index contributed by atoms with van der Waals surface area (Å²) in [6, 6.07) is 4.48. The fraction of sp³-hybridized carbons (Fsp3) is 0.500. The molecule has 2 unspecified atom stereocenters. The summed E-state index contributed by atoms with van der Waals surface area (Å²) in [6.07, 6.45) is 4.11. The minimum Gasteiger partial charge on any atom is -0.389 e. The van der Waals surface area contributed by atoms with Gasteiger partial charge in [0.25, 0.3) is 0 Å². The van der Waals surface area contributed by atoms with Crippen molar-refractivity contribution < 1.29 is 8.42 Å². The van der Waals surface area contributed by atoms with Gasteiger partial charge in [-0.3, -0.25) is 0 Å². The summed E-state index contributed by atoms with van der Waals surface area (Å²) in [5.74, 6) is 0.336. The largest absolute Gasteiger partial charge is 0.389 e. The molecule has 1 aliphatic rings. The van der Waals surface area contributed by atoms with Gasteiger partial charge in [-0.2, -0.15) is 0 Å². The number of hydrogen-bond donors (Lipinski definition) is 2. The molecular weight excluding hydrogens is 328 g/mol. The zero-order chi connectivity index (χ0) is 15.6. The second-order valence-electron chi connectivity index (χ2n) is 5.50. The van der Waals surface area contributed by atoms with Crippen LogP contribution in [0.2, 0.25) is 5.02 Å². The zero-order valence-corrected chi connectivity index (χ0v) is 14.2. The summed E-state index contributed by atoms with van der Waals surface area (Å²) >= 11 is 10.9. The van der Waals surface area contributed by atoms with Crippen LogP contribution in [0.25, 0.3) is 0 Å². The Balaban J connectivity index is 2.25. The van der Waals surface area contributed by atoms with E-state index >= 15 is 0 Å². The molecule has 0 amide bonds. The van der Waals surface area contributed by atoms with Gasteiger partial charge in [-0.05, 0) is 30.9 Å². The van der Waals surface area contributed by atoms with E-state index in [-0.39, 0.29) is 20.9 Å². The molecule has 0 bridgehead atoms. The highest BCUT2D eigenvalue weighted by Crippen LogP contribution is 2.27. The Hall–Kier alpha value is -0.690. The summed E-state index contributed by atoms with van der Waals surface area (Å²) in [7, 11) is -3.63. The van der Waals surface area contributed by atoms with E-state index in [1.165, 1.54) is 12.1 Å². The first kappa shape index (κ1) is 16.7. The van der Waals surface area contributed by atoms with Gasteiger partial charge >= 0.3 is 0 Å². The highest BCUT2D eigenvalue weighted by Gasteiger charge is 2.28. The van der Waals surface area contributed by atoms with Crippen molar-refractivity contribution in [2.45, 2.75) is 43.5 Å². The number of rotatable bonds is 4. The molecular formula is C14H19ClN2O2S2. The number of sulfonamides is 1. The van der Waals surface area contributed by atoms with Crippen LogP contribution < -0.4 is 10.5 Å². The van der Waals surface area contributed by atoms with E-state index in [2.05, 4.69) is 11.6 Å². The molecule has 116 valence electrons. The Labute approximate surface area is 136 Å². The molecule has 1 fully saturated rings. The van der Waals surface area contributed by atoms with E-state index < -0.39 is 10.0 Å². The first-order valence-corrected chi connectivity index (χ1v) is 9.20. The van der Waals surface area contributed by atoms with Gasteiger partial charge in [0.05, 0.1) is 5.02 Å². The lowest BCUT2D eigenvalue weighted by atomic mass is 9.87. The second-order valence-corrected chi connectivity index (χ2v) is 8.03. The average molecular weight is 347 g/mol. The molecule has 0 aliphatic heterocycles. The Morgan fingerprint density at radius 2 is 2.05 bits per heavy atom. The normalized spacial score (nSPS) is 23.0. The van der Waals surface area contributed by atoms with E-state index in [1.807, 2.05) is 0 Å². The molecule has 21 heavy (non-hydrogen) atoms. The van der Waals surface area contributed by atoms with Crippen LogP contribution in [0.3, 0.4) is 0 Å². The predicted molar refractivity (Wildman–Crippen MR) is 89.1 cm³/mol. The summed E-state index contributed by atoms with van der Waals surface area (Å²) in [6.45, 7) is 2.07. The van der Waals surface area contributed by atoms with Crippen molar-refractivity contribution in [2.24, 2.45) is 11.7 Å². The number of nitrogens with one attached hydrogen (secondary N) is 1. The van der Waals surface area contributed by atoms with Gasteiger partial charge in [0.15, 0.2) is 0 Å².